The van der Waals surface area contributed by atoms with Crippen LogP contribution in [0.5, 0.6) is 0 Å². The third kappa shape index (κ3) is 3.54. The number of methoxy groups -OCH3 is 1. The second kappa shape index (κ2) is 6.44. The monoisotopic (exact) mass is 356 g/mol. The zero-order valence-corrected chi connectivity index (χ0v) is 13.4. The number of nitrogens with zero attached hydrogens (tertiary/aromatic N) is 1. The second-order valence-corrected chi connectivity index (χ2v) is 5.90. The largest absolute Gasteiger partial charge is 0.480 e. The summed E-state index contributed by atoms with van der Waals surface area (Å²) in [6.07, 6.45) is 0.0568. The summed E-state index contributed by atoms with van der Waals surface area (Å²) in [5.74, 6) is -1.02. The number of benzene rings is 1. The van der Waals surface area contributed by atoms with E-state index in [1.807, 2.05) is 19.1 Å². The number of ether oxygens (including phenoxy) is 1. The molecular formula is C14H17BrN2O4. The van der Waals surface area contributed by atoms with Crippen molar-refractivity contribution in [3.63, 3.8) is 0 Å². The van der Waals surface area contributed by atoms with Crippen molar-refractivity contribution in [3.05, 3.63) is 28.2 Å². The number of hydrogen-bond donors (Lipinski definition) is 2. The van der Waals surface area contributed by atoms with Gasteiger partial charge < -0.3 is 20.1 Å². The first-order chi connectivity index (χ1) is 9.92. The molecule has 6 nitrogen and oxygen atoms in total. The molecule has 0 aromatic heterocycles. The van der Waals surface area contributed by atoms with Crippen LogP contribution in [-0.4, -0.2) is 47.8 Å². The molecule has 2 rings (SSSR count). The van der Waals surface area contributed by atoms with Gasteiger partial charge in [-0.15, -0.1) is 0 Å². The number of carbonyl (C=O) groups is 2. The van der Waals surface area contributed by atoms with E-state index in [1.54, 1.807) is 6.07 Å². The van der Waals surface area contributed by atoms with Crippen LogP contribution in [0, 0.1) is 6.92 Å². The van der Waals surface area contributed by atoms with Gasteiger partial charge in [0.25, 0.3) is 0 Å². The maximum Gasteiger partial charge on any atom is 0.326 e. The van der Waals surface area contributed by atoms with Gasteiger partial charge in [-0.2, -0.15) is 0 Å². The van der Waals surface area contributed by atoms with Gasteiger partial charge in [0, 0.05) is 30.2 Å². The molecule has 1 aliphatic heterocycles. The number of amides is 2. The van der Waals surface area contributed by atoms with Crippen LogP contribution in [-0.2, 0) is 9.53 Å². The van der Waals surface area contributed by atoms with Crippen LogP contribution in [0.15, 0.2) is 22.7 Å². The fourth-order valence-electron chi connectivity index (χ4n) is 2.38. The molecule has 1 heterocycles. The number of aryl methyl sites for hydroxylation is 1. The third-order valence-corrected chi connectivity index (χ3v) is 4.07. The van der Waals surface area contributed by atoms with Gasteiger partial charge >= 0.3 is 12.0 Å². The Labute approximate surface area is 131 Å². The molecule has 0 aliphatic carbocycles. The fourth-order valence-corrected chi connectivity index (χ4v) is 2.86. The minimum absolute atomic E-state index is 0.247. The molecule has 2 atom stereocenters. The second-order valence-electron chi connectivity index (χ2n) is 4.99. The van der Waals surface area contributed by atoms with Crippen molar-refractivity contribution in [2.24, 2.45) is 0 Å². The van der Waals surface area contributed by atoms with E-state index in [2.05, 4.69) is 21.2 Å². The van der Waals surface area contributed by atoms with Crippen LogP contribution in [0.4, 0.5) is 10.5 Å². The number of urea groups is 1. The molecule has 0 saturated carbocycles. The van der Waals surface area contributed by atoms with Gasteiger partial charge in [-0.1, -0.05) is 15.9 Å². The number of aliphatic carboxylic acids is 1. The predicted octanol–water partition coefficient (Wildman–Crippen LogP) is 2.46. The fraction of sp³-hybridized carbons (Fsp3) is 0.429. The summed E-state index contributed by atoms with van der Waals surface area (Å²) in [5, 5.41) is 12.0. The Morgan fingerprint density at radius 3 is 2.76 bits per heavy atom. The van der Waals surface area contributed by atoms with Gasteiger partial charge in [0.05, 0.1) is 6.10 Å². The molecule has 1 aromatic rings. The highest BCUT2D eigenvalue weighted by molar-refractivity contribution is 9.10. The van der Waals surface area contributed by atoms with Crippen LogP contribution in [0.25, 0.3) is 0 Å². The lowest BCUT2D eigenvalue weighted by Crippen LogP contribution is -2.43. The molecule has 1 fully saturated rings. The van der Waals surface area contributed by atoms with Crippen molar-refractivity contribution in [1.82, 2.24) is 4.90 Å². The molecule has 2 amide bonds. The number of rotatable bonds is 3. The van der Waals surface area contributed by atoms with Gasteiger partial charge in [0.2, 0.25) is 0 Å². The topological polar surface area (TPSA) is 78.9 Å². The summed E-state index contributed by atoms with van der Waals surface area (Å²) in [4.78, 5) is 24.9. The Bertz CT molecular complexity index is 564. The van der Waals surface area contributed by atoms with Crippen LogP contribution in [0.1, 0.15) is 12.0 Å². The Balaban J connectivity index is 2.13. The molecule has 2 N–H and O–H groups in total. The highest BCUT2D eigenvalue weighted by Crippen LogP contribution is 2.24. The number of hydrogen-bond acceptors (Lipinski definition) is 3. The lowest BCUT2D eigenvalue weighted by Gasteiger charge is -2.22. The first-order valence-electron chi connectivity index (χ1n) is 6.51. The molecule has 1 saturated heterocycles. The number of carbonyl (C=O) groups excluding carboxylic acids is 1. The maximum atomic E-state index is 12.3. The lowest BCUT2D eigenvalue weighted by atomic mass is 10.2. The summed E-state index contributed by atoms with van der Waals surface area (Å²) in [6.45, 7) is 2.14. The van der Waals surface area contributed by atoms with Crippen molar-refractivity contribution >= 4 is 33.6 Å². The molecule has 1 aromatic carbocycles. The highest BCUT2D eigenvalue weighted by Gasteiger charge is 2.39. The Kier molecular flexibility index (Phi) is 4.84. The number of likely N-dealkylation sites (tertiary alicyclic amines) is 1. The van der Waals surface area contributed by atoms with E-state index in [0.29, 0.717) is 12.1 Å². The molecule has 7 heteroatoms. The average molecular weight is 357 g/mol. The molecule has 1 aliphatic rings. The highest BCUT2D eigenvalue weighted by atomic mass is 79.9. The summed E-state index contributed by atoms with van der Waals surface area (Å²) in [7, 11) is 1.52. The third-order valence-electron chi connectivity index (χ3n) is 3.57. The molecule has 2 unspecified atom stereocenters. The SMILES string of the molecule is COC1CC(C(=O)O)N(C(=O)Nc2ccc(Br)cc2C)C1. The smallest absolute Gasteiger partial charge is 0.326 e. The summed E-state index contributed by atoms with van der Waals surface area (Å²) in [6, 6.07) is 4.20. The number of carboxylic acids is 1. The Morgan fingerprint density at radius 1 is 1.48 bits per heavy atom. The van der Waals surface area contributed by atoms with E-state index in [0.717, 1.165) is 10.0 Å². The minimum Gasteiger partial charge on any atom is -0.480 e. The molecule has 114 valence electrons. The standard InChI is InChI=1S/C14H17BrN2O4/c1-8-5-9(15)3-4-11(8)16-14(20)17-7-10(21-2)6-12(17)13(18)19/h3-5,10,12H,6-7H2,1-2H3,(H,16,20)(H,18,19). The van der Waals surface area contributed by atoms with Crippen LogP contribution < -0.4 is 5.32 Å². The maximum absolute atomic E-state index is 12.3. The van der Waals surface area contributed by atoms with Crippen LogP contribution >= 0.6 is 15.9 Å². The average Bonchev–Trinajstić information content (AvgIpc) is 2.86. The zero-order chi connectivity index (χ0) is 15.6. The molecule has 0 radical (unpaired) electrons. The number of anilines is 1. The van der Waals surface area contributed by atoms with Crippen molar-refractivity contribution in [2.75, 3.05) is 19.0 Å². The van der Waals surface area contributed by atoms with E-state index >= 15 is 0 Å². The number of carboxylic acid groups (broad SMARTS) is 1. The van der Waals surface area contributed by atoms with Crippen LogP contribution in [0.2, 0.25) is 0 Å². The number of nitrogens with one attached hydrogen (secondary N) is 1. The van der Waals surface area contributed by atoms with Crippen LogP contribution in [0.3, 0.4) is 0 Å². The first-order valence-corrected chi connectivity index (χ1v) is 7.31. The van der Waals surface area contributed by atoms with E-state index in [-0.39, 0.29) is 12.6 Å². The minimum atomic E-state index is -1.02. The summed E-state index contributed by atoms with van der Waals surface area (Å²) in [5.41, 5.74) is 1.56. The van der Waals surface area contributed by atoms with Crippen molar-refractivity contribution in [1.29, 1.82) is 0 Å². The Hall–Kier alpha value is -1.60. The first kappa shape index (κ1) is 15.8. The van der Waals surface area contributed by atoms with Gasteiger partial charge in [0.1, 0.15) is 6.04 Å². The number of halogens is 1. The van der Waals surface area contributed by atoms with Crippen molar-refractivity contribution in [3.8, 4) is 0 Å². The lowest BCUT2D eigenvalue weighted by molar-refractivity contribution is -0.141. The van der Waals surface area contributed by atoms with Crippen molar-refractivity contribution < 1.29 is 19.4 Å². The van der Waals surface area contributed by atoms with E-state index < -0.39 is 18.0 Å². The predicted molar refractivity (Wildman–Crippen MR) is 81.4 cm³/mol. The molecular weight excluding hydrogens is 340 g/mol. The van der Waals surface area contributed by atoms with Crippen molar-refractivity contribution in [2.45, 2.75) is 25.5 Å². The summed E-state index contributed by atoms with van der Waals surface area (Å²) < 4.78 is 6.09. The van der Waals surface area contributed by atoms with Gasteiger partial charge in [-0.3, -0.25) is 0 Å². The summed E-state index contributed by atoms with van der Waals surface area (Å²) >= 11 is 3.36. The molecule has 21 heavy (non-hydrogen) atoms. The molecule has 0 spiro atoms. The molecule has 0 bridgehead atoms. The Morgan fingerprint density at radius 2 is 2.19 bits per heavy atom. The van der Waals surface area contributed by atoms with Gasteiger partial charge in [0.15, 0.2) is 0 Å². The van der Waals surface area contributed by atoms with E-state index in [1.165, 1.54) is 12.0 Å². The zero-order valence-electron chi connectivity index (χ0n) is 11.8. The quantitative estimate of drug-likeness (QED) is 0.871. The van der Waals surface area contributed by atoms with Gasteiger partial charge in [-0.25, -0.2) is 9.59 Å². The van der Waals surface area contributed by atoms with Gasteiger partial charge in [-0.05, 0) is 30.7 Å². The normalized spacial score (nSPS) is 21.4. The van der Waals surface area contributed by atoms with E-state index in [4.69, 9.17) is 4.74 Å². The van der Waals surface area contributed by atoms with E-state index in [9.17, 15) is 14.7 Å².